The molecule has 0 aliphatic heterocycles. The number of hydrogen-bond acceptors (Lipinski definition) is 5. The fourth-order valence-electron chi connectivity index (χ4n) is 1.48. The maximum atomic E-state index is 10.7. The number of aromatic nitrogens is 1. The lowest BCUT2D eigenvalue weighted by atomic mass is 10.2. The second-order valence-corrected chi connectivity index (χ2v) is 3.95. The number of rotatable bonds is 2. The number of H-pyrrole nitrogens is 1. The van der Waals surface area contributed by atoms with Gasteiger partial charge in [0, 0.05) is 11.5 Å². The highest BCUT2D eigenvalue weighted by Crippen LogP contribution is 2.37. The number of anilines is 1. The standard InChI is InChI=1S/C8H7BrN4O3/c9-4-2-5-3(1-6(4)13(15)16)7(12-10)8(14)11-5/h1-2,11-12,14H,10H2. The number of aromatic hydroxyl groups is 1. The van der Waals surface area contributed by atoms with Gasteiger partial charge in [0.25, 0.3) is 5.69 Å². The normalized spacial score (nSPS) is 10.6. The van der Waals surface area contributed by atoms with Crippen LogP contribution in [0.25, 0.3) is 10.9 Å². The summed E-state index contributed by atoms with van der Waals surface area (Å²) in [6.07, 6.45) is 0. The molecule has 0 bridgehead atoms. The highest BCUT2D eigenvalue weighted by atomic mass is 79.9. The van der Waals surface area contributed by atoms with E-state index < -0.39 is 4.92 Å². The second-order valence-electron chi connectivity index (χ2n) is 3.10. The van der Waals surface area contributed by atoms with Gasteiger partial charge in [-0.2, -0.15) is 0 Å². The molecule has 1 heterocycles. The van der Waals surface area contributed by atoms with Crippen LogP contribution in [0.5, 0.6) is 5.88 Å². The number of halogens is 1. The molecule has 2 rings (SSSR count). The van der Waals surface area contributed by atoms with Crippen LogP contribution in [-0.4, -0.2) is 15.0 Å². The smallest absolute Gasteiger partial charge is 0.284 e. The van der Waals surface area contributed by atoms with Crippen LogP contribution >= 0.6 is 15.9 Å². The summed E-state index contributed by atoms with van der Waals surface area (Å²) in [6, 6.07) is 2.83. The Labute approximate surface area is 97.5 Å². The van der Waals surface area contributed by atoms with Crippen molar-refractivity contribution in [2.75, 3.05) is 5.43 Å². The van der Waals surface area contributed by atoms with Gasteiger partial charge in [-0.1, -0.05) is 0 Å². The molecule has 16 heavy (non-hydrogen) atoms. The van der Waals surface area contributed by atoms with Crippen LogP contribution in [0.1, 0.15) is 0 Å². The van der Waals surface area contributed by atoms with Crippen molar-refractivity contribution in [2.24, 2.45) is 5.84 Å². The third kappa shape index (κ3) is 1.48. The van der Waals surface area contributed by atoms with Crippen molar-refractivity contribution < 1.29 is 10.0 Å². The molecule has 0 fully saturated rings. The van der Waals surface area contributed by atoms with Gasteiger partial charge >= 0.3 is 0 Å². The zero-order chi connectivity index (χ0) is 11.9. The number of benzene rings is 1. The lowest BCUT2D eigenvalue weighted by Crippen LogP contribution is -2.06. The zero-order valence-electron chi connectivity index (χ0n) is 7.82. The van der Waals surface area contributed by atoms with Crippen LogP contribution in [0.2, 0.25) is 0 Å². The molecule has 0 amide bonds. The monoisotopic (exact) mass is 286 g/mol. The first-order valence-electron chi connectivity index (χ1n) is 4.19. The lowest BCUT2D eigenvalue weighted by molar-refractivity contribution is -0.385. The van der Waals surface area contributed by atoms with E-state index in [-0.39, 0.29) is 17.3 Å². The van der Waals surface area contributed by atoms with Crippen molar-refractivity contribution in [3.05, 3.63) is 26.7 Å². The highest BCUT2D eigenvalue weighted by Gasteiger charge is 2.18. The second kappa shape index (κ2) is 3.65. The summed E-state index contributed by atoms with van der Waals surface area (Å²) in [6.45, 7) is 0. The van der Waals surface area contributed by atoms with E-state index in [2.05, 4.69) is 26.3 Å². The Kier molecular flexibility index (Phi) is 2.44. The van der Waals surface area contributed by atoms with Crippen molar-refractivity contribution in [1.29, 1.82) is 0 Å². The van der Waals surface area contributed by atoms with Crippen LogP contribution in [-0.2, 0) is 0 Å². The third-order valence-electron chi connectivity index (χ3n) is 2.19. The molecular weight excluding hydrogens is 280 g/mol. The maximum Gasteiger partial charge on any atom is 0.284 e. The molecule has 8 heteroatoms. The average molecular weight is 287 g/mol. The number of fused-ring (bicyclic) bond motifs is 1. The molecule has 0 spiro atoms. The predicted octanol–water partition coefficient (Wildman–Crippen LogP) is 1.83. The summed E-state index contributed by atoms with van der Waals surface area (Å²) in [5.41, 5.74) is 2.96. The summed E-state index contributed by atoms with van der Waals surface area (Å²) in [7, 11) is 0. The van der Waals surface area contributed by atoms with E-state index in [1.165, 1.54) is 12.1 Å². The third-order valence-corrected chi connectivity index (χ3v) is 2.82. The minimum absolute atomic E-state index is 0.0944. The van der Waals surface area contributed by atoms with Gasteiger partial charge in [0.05, 0.1) is 14.9 Å². The van der Waals surface area contributed by atoms with Gasteiger partial charge in [0.2, 0.25) is 5.88 Å². The molecule has 5 N–H and O–H groups in total. The minimum Gasteiger partial charge on any atom is -0.493 e. The molecular formula is C8H7BrN4O3. The van der Waals surface area contributed by atoms with Gasteiger partial charge in [-0.3, -0.25) is 16.0 Å². The summed E-state index contributed by atoms with van der Waals surface area (Å²) in [5, 5.41) is 20.6. The number of nitro benzene ring substituents is 1. The number of nitrogens with zero attached hydrogens (tertiary/aromatic N) is 1. The Morgan fingerprint density at radius 3 is 2.81 bits per heavy atom. The van der Waals surface area contributed by atoms with Gasteiger partial charge in [-0.25, -0.2) is 0 Å². The average Bonchev–Trinajstić information content (AvgIpc) is 2.50. The van der Waals surface area contributed by atoms with E-state index in [0.717, 1.165) is 0 Å². The minimum atomic E-state index is -0.520. The van der Waals surface area contributed by atoms with Crippen LogP contribution in [0.4, 0.5) is 11.4 Å². The summed E-state index contributed by atoms with van der Waals surface area (Å²) < 4.78 is 0.329. The molecule has 0 radical (unpaired) electrons. The van der Waals surface area contributed by atoms with E-state index in [0.29, 0.717) is 15.4 Å². The molecule has 2 aromatic rings. The molecule has 0 unspecified atom stereocenters. The van der Waals surface area contributed by atoms with E-state index in [1.807, 2.05) is 0 Å². The van der Waals surface area contributed by atoms with E-state index >= 15 is 0 Å². The Bertz CT molecular complexity index is 580. The van der Waals surface area contributed by atoms with Crippen molar-refractivity contribution in [3.8, 4) is 5.88 Å². The Balaban J connectivity index is 2.80. The highest BCUT2D eigenvalue weighted by molar-refractivity contribution is 9.10. The molecule has 0 aliphatic carbocycles. The van der Waals surface area contributed by atoms with Crippen molar-refractivity contribution >= 4 is 38.2 Å². The molecule has 0 aliphatic rings. The number of nitrogens with one attached hydrogen (secondary N) is 2. The largest absolute Gasteiger partial charge is 0.493 e. The number of aromatic amines is 1. The number of nitro groups is 1. The Morgan fingerprint density at radius 1 is 1.56 bits per heavy atom. The van der Waals surface area contributed by atoms with Gasteiger partial charge in [-0.05, 0) is 22.0 Å². The molecule has 0 saturated carbocycles. The Morgan fingerprint density at radius 2 is 2.25 bits per heavy atom. The van der Waals surface area contributed by atoms with E-state index in [9.17, 15) is 15.2 Å². The van der Waals surface area contributed by atoms with Crippen LogP contribution in [0, 0.1) is 10.1 Å². The van der Waals surface area contributed by atoms with Crippen molar-refractivity contribution in [2.45, 2.75) is 0 Å². The van der Waals surface area contributed by atoms with Gasteiger partial charge in [0.15, 0.2) is 0 Å². The first-order valence-corrected chi connectivity index (χ1v) is 4.99. The first kappa shape index (κ1) is 10.7. The summed E-state index contributed by atoms with van der Waals surface area (Å²) >= 11 is 3.08. The summed E-state index contributed by atoms with van der Waals surface area (Å²) in [4.78, 5) is 12.8. The molecule has 0 atom stereocenters. The first-order chi connectivity index (χ1) is 7.54. The molecule has 1 aromatic heterocycles. The van der Waals surface area contributed by atoms with Gasteiger partial charge < -0.3 is 15.5 Å². The maximum absolute atomic E-state index is 10.7. The quantitative estimate of drug-likeness (QED) is 0.382. The molecule has 0 saturated heterocycles. The number of hydrazine groups is 1. The molecule has 84 valence electrons. The zero-order valence-corrected chi connectivity index (χ0v) is 9.41. The van der Waals surface area contributed by atoms with Crippen LogP contribution in [0.15, 0.2) is 16.6 Å². The fraction of sp³-hybridized carbons (Fsp3) is 0. The van der Waals surface area contributed by atoms with Gasteiger partial charge in [-0.15, -0.1) is 0 Å². The van der Waals surface area contributed by atoms with Crippen molar-refractivity contribution in [3.63, 3.8) is 0 Å². The predicted molar refractivity (Wildman–Crippen MR) is 62.1 cm³/mol. The number of hydrogen-bond donors (Lipinski definition) is 4. The number of nitrogens with two attached hydrogens (primary N) is 1. The topological polar surface area (TPSA) is 117 Å². The fourth-order valence-corrected chi connectivity index (χ4v) is 1.96. The SMILES string of the molecule is NNc1c(O)[nH]c2cc(Br)c([N+](=O)[O-])cc12. The summed E-state index contributed by atoms with van der Waals surface area (Å²) in [5.74, 6) is 5.05. The van der Waals surface area contributed by atoms with Crippen LogP contribution in [0.3, 0.4) is 0 Å². The van der Waals surface area contributed by atoms with Crippen molar-refractivity contribution in [1.82, 2.24) is 4.98 Å². The van der Waals surface area contributed by atoms with Crippen LogP contribution < -0.4 is 11.3 Å². The van der Waals surface area contributed by atoms with E-state index in [1.54, 1.807) is 0 Å². The molecule has 7 nitrogen and oxygen atoms in total. The Hall–Kier alpha value is -1.80. The van der Waals surface area contributed by atoms with E-state index in [4.69, 9.17) is 5.84 Å². The molecule has 1 aromatic carbocycles. The van der Waals surface area contributed by atoms with Gasteiger partial charge in [0.1, 0.15) is 5.69 Å². The lowest BCUT2D eigenvalue weighted by Gasteiger charge is -1.98. The number of nitrogen functional groups attached to an aromatic ring is 1.